The molecule has 0 nitrogen and oxygen atoms in total. The maximum Gasteiger partial charge on any atom is 0.0412 e. The molecule has 4 rings (SSSR count). The molecule has 0 aromatic heterocycles. The van der Waals surface area contributed by atoms with Gasteiger partial charge in [-0.2, -0.15) is 0 Å². The fourth-order valence-electron chi connectivity index (χ4n) is 2.74. The van der Waals surface area contributed by atoms with Crippen LogP contribution in [-0.4, -0.2) is 0 Å². The summed E-state index contributed by atoms with van der Waals surface area (Å²) in [7, 11) is 0. The molecule has 0 spiro atoms. The quantitative estimate of drug-likeness (QED) is 0.258. The van der Waals surface area contributed by atoms with E-state index in [1.54, 1.807) is 0 Å². The Balaban J connectivity index is 2.21. The number of fused-ring (bicyclic) bond motifs is 4. The zero-order valence-electron chi connectivity index (χ0n) is 10.5. The molecule has 20 heavy (non-hydrogen) atoms. The van der Waals surface area contributed by atoms with Crippen molar-refractivity contribution in [2.24, 2.45) is 0 Å². The maximum atomic E-state index is 6.14. The largest absolute Gasteiger partial charge is 0.0843 e. The monoisotopic (exact) mass is 296 g/mol. The summed E-state index contributed by atoms with van der Waals surface area (Å²) in [4.78, 5) is 0. The van der Waals surface area contributed by atoms with Gasteiger partial charge in [-0.3, -0.25) is 0 Å². The lowest BCUT2D eigenvalue weighted by Gasteiger charge is -2.07. The van der Waals surface area contributed by atoms with Crippen LogP contribution in [0, 0.1) is 0 Å². The smallest absolute Gasteiger partial charge is 0.0412 e. The molecule has 0 amide bonds. The van der Waals surface area contributed by atoms with Crippen molar-refractivity contribution in [3.63, 3.8) is 0 Å². The zero-order chi connectivity index (χ0) is 13.7. The second-order valence-corrected chi connectivity index (χ2v) is 5.87. The molecule has 0 aliphatic carbocycles. The molecule has 0 aliphatic heterocycles. The van der Waals surface area contributed by atoms with Gasteiger partial charge in [-0.05, 0) is 68.7 Å². The third-order valence-corrected chi connectivity index (χ3v) is 4.19. The van der Waals surface area contributed by atoms with Gasteiger partial charge in [0.1, 0.15) is 0 Å². The first-order valence-electron chi connectivity index (χ1n) is 6.42. The number of benzene rings is 4. The van der Waals surface area contributed by atoms with Gasteiger partial charge < -0.3 is 0 Å². The van der Waals surface area contributed by atoms with Crippen LogP contribution in [0.1, 0.15) is 0 Å². The van der Waals surface area contributed by atoms with Crippen molar-refractivity contribution in [1.82, 2.24) is 0 Å². The van der Waals surface area contributed by atoms with Gasteiger partial charge in [-0.15, -0.1) is 0 Å². The van der Waals surface area contributed by atoms with Gasteiger partial charge in [0, 0.05) is 10.0 Å². The topological polar surface area (TPSA) is 0 Å². The summed E-state index contributed by atoms with van der Waals surface area (Å²) >= 11 is 12.2. The summed E-state index contributed by atoms with van der Waals surface area (Å²) in [5.74, 6) is 0. The van der Waals surface area contributed by atoms with Gasteiger partial charge in [0.25, 0.3) is 0 Å². The molecule has 0 saturated heterocycles. The highest BCUT2D eigenvalue weighted by atomic mass is 35.5. The van der Waals surface area contributed by atoms with Crippen LogP contribution in [-0.2, 0) is 0 Å². The van der Waals surface area contributed by atoms with Crippen molar-refractivity contribution in [2.75, 3.05) is 0 Å². The predicted molar refractivity (Wildman–Crippen MR) is 89.0 cm³/mol. The lowest BCUT2D eigenvalue weighted by atomic mass is 9.98. The van der Waals surface area contributed by atoms with E-state index in [2.05, 4.69) is 36.4 Å². The van der Waals surface area contributed by atoms with E-state index in [9.17, 15) is 0 Å². The highest BCUT2D eigenvalue weighted by molar-refractivity contribution is 6.32. The molecule has 96 valence electrons. The third-order valence-electron chi connectivity index (χ3n) is 3.72. The van der Waals surface area contributed by atoms with Crippen LogP contribution in [0.25, 0.3) is 32.3 Å². The molecule has 4 aromatic carbocycles. The second-order valence-electron chi connectivity index (χ2n) is 5.00. The Morgan fingerprint density at radius 3 is 1.90 bits per heavy atom. The van der Waals surface area contributed by atoms with Gasteiger partial charge in [-0.1, -0.05) is 47.5 Å². The van der Waals surface area contributed by atoms with E-state index in [0.29, 0.717) is 0 Å². The van der Waals surface area contributed by atoms with E-state index in [-0.39, 0.29) is 0 Å². The minimum Gasteiger partial charge on any atom is -0.0843 e. The summed E-state index contributed by atoms with van der Waals surface area (Å²) in [6.07, 6.45) is 0. The standard InChI is InChI=1S/C18H10Cl2/c19-15-6-4-12-9-17-13(7-14(12)8-15)2-1-11-3-5-16(20)10-18(11)17/h1-10H. The zero-order valence-corrected chi connectivity index (χ0v) is 12.0. The Morgan fingerprint density at radius 2 is 1.05 bits per heavy atom. The third kappa shape index (κ3) is 1.84. The molecule has 0 unspecified atom stereocenters. The molecule has 0 bridgehead atoms. The van der Waals surface area contributed by atoms with Gasteiger partial charge in [0.15, 0.2) is 0 Å². The lowest BCUT2D eigenvalue weighted by molar-refractivity contribution is 1.77. The van der Waals surface area contributed by atoms with Crippen LogP contribution in [0.5, 0.6) is 0 Å². The first-order valence-corrected chi connectivity index (χ1v) is 7.18. The Morgan fingerprint density at radius 1 is 0.450 bits per heavy atom. The number of halogens is 2. The molecule has 4 aromatic rings. The van der Waals surface area contributed by atoms with Gasteiger partial charge in [0.05, 0.1) is 0 Å². The van der Waals surface area contributed by atoms with Crippen molar-refractivity contribution in [3.05, 3.63) is 70.7 Å². The van der Waals surface area contributed by atoms with E-state index < -0.39 is 0 Å². The van der Waals surface area contributed by atoms with Crippen molar-refractivity contribution in [3.8, 4) is 0 Å². The second kappa shape index (κ2) is 4.37. The van der Waals surface area contributed by atoms with Crippen molar-refractivity contribution in [2.45, 2.75) is 0 Å². The SMILES string of the molecule is Clc1ccc2cc3c(ccc4ccc(Cl)cc43)cc2c1. The number of hydrogen-bond acceptors (Lipinski definition) is 0. The molecule has 0 fully saturated rings. The molecule has 0 atom stereocenters. The molecular formula is C18H10Cl2. The van der Waals surface area contributed by atoms with Gasteiger partial charge in [0.2, 0.25) is 0 Å². The molecular weight excluding hydrogens is 287 g/mol. The van der Waals surface area contributed by atoms with Crippen LogP contribution in [0.2, 0.25) is 10.0 Å². The molecule has 0 saturated carbocycles. The van der Waals surface area contributed by atoms with Crippen LogP contribution < -0.4 is 0 Å². The van der Waals surface area contributed by atoms with Crippen LogP contribution in [0.3, 0.4) is 0 Å². The molecule has 0 heterocycles. The van der Waals surface area contributed by atoms with Gasteiger partial charge in [-0.25, -0.2) is 0 Å². The molecule has 0 N–H and O–H groups in total. The van der Waals surface area contributed by atoms with Crippen LogP contribution in [0.4, 0.5) is 0 Å². The average Bonchev–Trinajstić information content (AvgIpc) is 2.45. The Kier molecular flexibility index (Phi) is 2.63. The summed E-state index contributed by atoms with van der Waals surface area (Å²) in [6.45, 7) is 0. The van der Waals surface area contributed by atoms with E-state index in [1.165, 1.54) is 26.9 Å². The lowest BCUT2D eigenvalue weighted by Crippen LogP contribution is -1.80. The summed E-state index contributed by atoms with van der Waals surface area (Å²) < 4.78 is 0. The Hall–Kier alpha value is -1.76. The molecule has 2 heteroatoms. The average molecular weight is 297 g/mol. The molecule has 0 aliphatic rings. The summed E-state index contributed by atoms with van der Waals surface area (Å²) in [5, 5.41) is 8.69. The number of rotatable bonds is 0. The van der Waals surface area contributed by atoms with Crippen molar-refractivity contribution in [1.29, 1.82) is 0 Å². The van der Waals surface area contributed by atoms with Crippen LogP contribution in [0.15, 0.2) is 60.7 Å². The normalized spacial score (nSPS) is 11.5. The first kappa shape index (κ1) is 12.0. The fourth-order valence-corrected chi connectivity index (χ4v) is 3.10. The van der Waals surface area contributed by atoms with E-state index in [4.69, 9.17) is 23.2 Å². The minimum atomic E-state index is 0.765. The van der Waals surface area contributed by atoms with Gasteiger partial charge >= 0.3 is 0 Å². The van der Waals surface area contributed by atoms with Crippen molar-refractivity contribution < 1.29 is 0 Å². The highest BCUT2D eigenvalue weighted by Crippen LogP contribution is 2.31. The Labute approximate surface area is 126 Å². The molecule has 0 radical (unpaired) electrons. The Bertz CT molecular complexity index is 971. The van der Waals surface area contributed by atoms with Crippen molar-refractivity contribution >= 4 is 55.5 Å². The minimum absolute atomic E-state index is 0.765. The van der Waals surface area contributed by atoms with E-state index in [1.807, 2.05) is 24.3 Å². The van der Waals surface area contributed by atoms with Crippen LogP contribution >= 0.6 is 23.2 Å². The number of hydrogen-bond donors (Lipinski definition) is 0. The first-order chi connectivity index (χ1) is 9.70. The predicted octanol–water partition coefficient (Wildman–Crippen LogP) is 6.45. The fraction of sp³-hybridized carbons (Fsp3) is 0. The van der Waals surface area contributed by atoms with E-state index in [0.717, 1.165) is 15.4 Å². The summed E-state index contributed by atoms with van der Waals surface area (Å²) in [6, 6.07) is 20.7. The maximum absolute atomic E-state index is 6.14. The highest BCUT2D eigenvalue weighted by Gasteiger charge is 2.04. The van der Waals surface area contributed by atoms with E-state index >= 15 is 0 Å². The summed E-state index contributed by atoms with van der Waals surface area (Å²) in [5.41, 5.74) is 0.